The zero-order valence-corrected chi connectivity index (χ0v) is 11.5. The summed E-state index contributed by atoms with van der Waals surface area (Å²) in [6.45, 7) is 6.40. The second kappa shape index (κ2) is 3.41. The molecule has 3 aliphatic rings. The highest BCUT2D eigenvalue weighted by Gasteiger charge is 2.67. The molecule has 0 aliphatic heterocycles. The van der Waals surface area contributed by atoms with Crippen LogP contribution in [0.15, 0.2) is 0 Å². The van der Waals surface area contributed by atoms with Gasteiger partial charge in [-0.3, -0.25) is 0 Å². The molecule has 0 spiro atoms. The summed E-state index contributed by atoms with van der Waals surface area (Å²) in [5.41, 5.74) is 4.91. The Morgan fingerprint density at radius 2 is 1.67 bits per heavy atom. The van der Waals surface area contributed by atoms with Crippen molar-refractivity contribution in [3.05, 3.63) is 22.5 Å². The summed E-state index contributed by atoms with van der Waals surface area (Å²) in [6.07, 6.45) is 4.07. The Bertz CT molecular complexity index is 487. The lowest BCUT2D eigenvalue weighted by atomic mass is 9.96. The van der Waals surface area contributed by atoms with E-state index in [1.54, 1.807) is 0 Å². The predicted octanol–water partition coefficient (Wildman–Crippen LogP) is 3.27. The number of nitrogens with one attached hydrogen (secondary N) is 1. The quantitative estimate of drug-likeness (QED) is 0.824. The van der Waals surface area contributed by atoms with Gasteiger partial charge in [0.2, 0.25) is 0 Å². The maximum absolute atomic E-state index is 10.7. The molecule has 2 N–H and O–H groups in total. The van der Waals surface area contributed by atoms with Gasteiger partial charge in [-0.05, 0) is 80.8 Å². The van der Waals surface area contributed by atoms with Gasteiger partial charge in [0.1, 0.15) is 0 Å². The largest absolute Gasteiger partial charge is 0.387 e. The Hall–Kier alpha value is -0.760. The minimum absolute atomic E-state index is 0.240. The van der Waals surface area contributed by atoms with Crippen molar-refractivity contribution in [2.24, 2.45) is 29.6 Å². The van der Waals surface area contributed by atoms with Crippen LogP contribution in [0.1, 0.15) is 47.9 Å². The normalized spacial score (nSPS) is 42.1. The smallest absolute Gasteiger partial charge is 0.0974 e. The lowest BCUT2D eigenvalue weighted by Gasteiger charge is -2.15. The van der Waals surface area contributed by atoms with Crippen LogP contribution < -0.4 is 0 Å². The number of aromatic amines is 1. The van der Waals surface area contributed by atoms with E-state index >= 15 is 0 Å². The molecule has 5 atom stereocenters. The summed E-state index contributed by atoms with van der Waals surface area (Å²) < 4.78 is 0. The summed E-state index contributed by atoms with van der Waals surface area (Å²) in [7, 11) is 0. The third-order valence-corrected chi connectivity index (χ3v) is 6.31. The third kappa shape index (κ3) is 1.22. The third-order valence-electron chi connectivity index (χ3n) is 6.31. The highest BCUT2D eigenvalue weighted by atomic mass is 16.3. The van der Waals surface area contributed by atoms with Gasteiger partial charge in [-0.2, -0.15) is 0 Å². The Morgan fingerprint density at radius 3 is 2.17 bits per heavy atom. The number of fused-ring (bicyclic) bond motifs is 5. The maximum Gasteiger partial charge on any atom is 0.0974 e. The molecule has 5 unspecified atom stereocenters. The van der Waals surface area contributed by atoms with Gasteiger partial charge in [0.15, 0.2) is 0 Å². The van der Waals surface area contributed by atoms with Gasteiger partial charge in [-0.25, -0.2) is 0 Å². The van der Waals surface area contributed by atoms with Gasteiger partial charge in [0, 0.05) is 11.4 Å². The molecule has 2 bridgehead atoms. The molecule has 0 aromatic carbocycles. The molecule has 4 rings (SSSR count). The lowest BCUT2D eigenvalue weighted by molar-refractivity contribution is 0.125. The van der Waals surface area contributed by atoms with Crippen LogP contribution in [0.3, 0.4) is 0 Å². The number of aryl methyl sites for hydroxylation is 1. The topological polar surface area (TPSA) is 36.0 Å². The van der Waals surface area contributed by atoms with Gasteiger partial charge in [0.05, 0.1) is 6.10 Å². The maximum atomic E-state index is 10.7. The molecule has 3 saturated carbocycles. The molecule has 0 amide bonds. The van der Waals surface area contributed by atoms with Crippen LogP contribution in [0.2, 0.25) is 0 Å². The molecule has 1 aromatic rings. The van der Waals surface area contributed by atoms with Crippen molar-refractivity contribution < 1.29 is 5.11 Å². The van der Waals surface area contributed by atoms with E-state index in [0.717, 1.165) is 29.4 Å². The molecule has 1 aromatic heterocycles. The van der Waals surface area contributed by atoms with E-state index in [1.807, 2.05) is 0 Å². The fraction of sp³-hybridized carbons (Fsp3) is 0.750. The van der Waals surface area contributed by atoms with E-state index in [2.05, 4.69) is 25.8 Å². The highest BCUT2D eigenvalue weighted by Crippen LogP contribution is 2.72. The number of rotatable bonds is 2. The summed E-state index contributed by atoms with van der Waals surface area (Å²) in [5, 5.41) is 10.7. The Morgan fingerprint density at radius 1 is 1.06 bits per heavy atom. The van der Waals surface area contributed by atoms with E-state index in [1.165, 1.54) is 36.1 Å². The monoisotopic (exact) mass is 245 g/mol. The van der Waals surface area contributed by atoms with Crippen LogP contribution in [0.25, 0.3) is 0 Å². The zero-order chi connectivity index (χ0) is 12.6. The number of hydrogen-bond donors (Lipinski definition) is 2. The summed E-state index contributed by atoms with van der Waals surface area (Å²) in [6, 6.07) is 0. The summed E-state index contributed by atoms with van der Waals surface area (Å²) >= 11 is 0. The molecule has 3 fully saturated rings. The van der Waals surface area contributed by atoms with Crippen molar-refractivity contribution in [3.8, 4) is 0 Å². The number of aromatic nitrogens is 1. The molecule has 98 valence electrons. The van der Waals surface area contributed by atoms with E-state index in [0.29, 0.717) is 5.92 Å². The van der Waals surface area contributed by atoms with Crippen molar-refractivity contribution in [2.45, 2.75) is 46.1 Å². The second-order valence-electron chi connectivity index (χ2n) is 6.92. The van der Waals surface area contributed by atoms with Gasteiger partial charge in [-0.15, -0.1) is 0 Å². The van der Waals surface area contributed by atoms with Crippen LogP contribution in [-0.2, 0) is 0 Å². The van der Waals surface area contributed by atoms with Gasteiger partial charge < -0.3 is 10.1 Å². The van der Waals surface area contributed by atoms with Crippen LogP contribution in [0.4, 0.5) is 0 Å². The minimum atomic E-state index is -0.240. The van der Waals surface area contributed by atoms with Crippen molar-refractivity contribution in [3.63, 3.8) is 0 Å². The van der Waals surface area contributed by atoms with Crippen molar-refractivity contribution in [1.82, 2.24) is 4.98 Å². The minimum Gasteiger partial charge on any atom is -0.387 e. The predicted molar refractivity (Wildman–Crippen MR) is 71.3 cm³/mol. The number of H-pyrrole nitrogens is 1. The van der Waals surface area contributed by atoms with E-state index in [4.69, 9.17) is 0 Å². The molecule has 18 heavy (non-hydrogen) atoms. The molecular formula is C16H23NO. The average Bonchev–Trinajstić information content (AvgIpc) is 2.65. The second-order valence-corrected chi connectivity index (χ2v) is 6.92. The molecule has 1 heterocycles. The fourth-order valence-corrected chi connectivity index (χ4v) is 5.18. The molecular weight excluding hydrogens is 222 g/mol. The van der Waals surface area contributed by atoms with Crippen LogP contribution >= 0.6 is 0 Å². The fourth-order valence-electron chi connectivity index (χ4n) is 5.18. The van der Waals surface area contributed by atoms with Crippen molar-refractivity contribution >= 4 is 0 Å². The molecule has 2 heteroatoms. The van der Waals surface area contributed by atoms with Crippen LogP contribution in [0.5, 0.6) is 0 Å². The Labute approximate surface area is 109 Å². The van der Waals surface area contributed by atoms with Crippen molar-refractivity contribution in [1.29, 1.82) is 0 Å². The molecule has 0 saturated heterocycles. The first kappa shape index (κ1) is 11.1. The van der Waals surface area contributed by atoms with Crippen LogP contribution in [-0.4, -0.2) is 10.1 Å². The Balaban J connectivity index is 1.61. The van der Waals surface area contributed by atoms with Gasteiger partial charge in [0.25, 0.3) is 0 Å². The zero-order valence-electron chi connectivity index (χ0n) is 11.5. The van der Waals surface area contributed by atoms with Crippen LogP contribution in [0, 0.1) is 50.4 Å². The number of hydrogen-bond acceptors (Lipinski definition) is 1. The first-order chi connectivity index (χ1) is 8.59. The first-order valence-electron chi connectivity index (χ1n) is 7.43. The molecule has 3 aliphatic carbocycles. The lowest BCUT2D eigenvalue weighted by Crippen LogP contribution is -2.09. The first-order valence-corrected chi connectivity index (χ1v) is 7.43. The highest BCUT2D eigenvalue weighted by molar-refractivity contribution is 5.36. The molecule has 0 radical (unpaired) electrons. The van der Waals surface area contributed by atoms with Gasteiger partial charge in [-0.1, -0.05) is 0 Å². The van der Waals surface area contributed by atoms with E-state index in [9.17, 15) is 5.11 Å². The summed E-state index contributed by atoms with van der Waals surface area (Å²) in [5.74, 6) is 4.14. The Kier molecular flexibility index (Phi) is 2.10. The number of aliphatic hydroxyl groups is 1. The van der Waals surface area contributed by atoms with E-state index in [-0.39, 0.29) is 6.10 Å². The van der Waals surface area contributed by atoms with E-state index < -0.39 is 0 Å². The van der Waals surface area contributed by atoms with Gasteiger partial charge >= 0.3 is 0 Å². The number of aliphatic hydroxyl groups excluding tert-OH is 1. The average molecular weight is 245 g/mol. The summed E-state index contributed by atoms with van der Waals surface area (Å²) in [4.78, 5) is 3.42. The molecule has 2 nitrogen and oxygen atoms in total. The standard InChI is InChI=1S/C16H23NO/c1-7-8(2)15(17-9(7)3)16(18)14-12-10-4-5-11(6-10)13(12)14/h10-14,16-18H,4-6H2,1-3H3. The SMILES string of the molecule is Cc1[nH]c(C(O)C2C3C4CCC(C4)C32)c(C)c1C. The van der Waals surface area contributed by atoms with Crippen molar-refractivity contribution in [2.75, 3.05) is 0 Å².